The Morgan fingerprint density at radius 1 is 0.656 bits per heavy atom. The average Bonchev–Trinajstić information content (AvgIpc) is 2.84. The Morgan fingerprint density at radius 2 is 1.38 bits per heavy atom. The van der Waals surface area contributed by atoms with Gasteiger partial charge in [-0.2, -0.15) is 0 Å². The van der Waals surface area contributed by atoms with Crippen LogP contribution in [0.15, 0.2) is 119 Å². The highest BCUT2D eigenvalue weighted by atomic mass is 32.2. The van der Waals surface area contributed by atoms with Crippen molar-refractivity contribution in [2.75, 3.05) is 0 Å². The molecule has 0 aliphatic rings. The van der Waals surface area contributed by atoms with E-state index < -0.39 is 9.84 Å². The molecule has 0 radical (unpaired) electrons. The summed E-state index contributed by atoms with van der Waals surface area (Å²) >= 11 is 0. The molecule has 0 saturated heterocycles. The van der Waals surface area contributed by atoms with Crippen molar-refractivity contribution >= 4 is 20.7 Å². The molecular weight excluding hydrogens is 414 g/mol. The number of hydrogen-bond donors (Lipinski definition) is 0. The second kappa shape index (κ2) is 8.06. The number of hydrogen-bond acceptors (Lipinski definition) is 3. The van der Waals surface area contributed by atoms with Gasteiger partial charge in [-0.25, -0.2) is 13.4 Å². The molecule has 156 valence electrons. The molecule has 4 heteroatoms. The first-order valence-corrected chi connectivity index (χ1v) is 11.9. The third-order valence-corrected chi connectivity index (χ3v) is 7.39. The molecule has 3 nitrogen and oxygen atoms in total. The normalized spacial score (nSPS) is 11.5. The predicted molar refractivity (Wildman–Crippen MR) is 129 cm³/mol. The third kappa shape index (κ3) is 3.70. The van der Waals surface area contributed by atoms with E-state index in [0.717, 1.165) is 27.6 Å². The molecule has 0 N–H and O–H groups in total. The summed E-state index contributed by atoms with van der Waals surface area (Å²) in [7, 11) is -3.76. The van der Waals surface area contributed by atoms with Crippen LogP contribution < -0.4 is 0 Å². The molecule has 0 saturated carbocycles. The number of aromatic nitrogens is 1. The smallest absolute Gasteiger partial charge is 0.207 e. The summed E-state index contributed by atoms with van der Waals surface area (Å²) in [5.41, 5.74) is 4.88. The SMILES string of the molecule is Cc1ccc(S(=O)(=O)c2cc(-c3ccccc3)ccc2-c2ccc3ccccc3n2)cc1. The van der Waals surface area contributed by atoms with Gasteiger partial charge in [0.2, 0.25) is 9.84 Å². The Hall–Kier alpha value is -3.76. The number of pyridine rings is 1. The van der Waals surface area contributed by atoms with E-state index in [1.807, 2.05) is 97.9 Å². The molecule has 0 unspecified atom stereocenters. The Kier molecular flexibility index (Phi) is 5.08. The molecule has 32 heavy (non-hydrogen) atoms. The van der Waals surface area contributed by atoms with Crippen LogP contribution in [0.3, 0.4) is 0 Å². The molecule has 0 aliphatic heterocycles. The molecule has 0 spiro atoms. The minimum atomic E-state index is -3.76. The molecule has 0 bridgehead atoms. The lowest BCUT2D eigenvalue weighted by molar-refractivity contribution is 0.596. The molecule has 0 atom stereocenters. The first-order valence-electron chi connectivity index (χ1n) is 10.4. The summed E-state index contributed by atoms with van der Waals surface area (Å²) < 4.78 is 27.5. The van der Waals surface area contributed by atoms with Crippen molar-refractivity contribution in [3.05, 3.63) is 115 Å². The summed E-state index contributed by atoms with van der Waals surface area (Å²) in [6.07, 6.45) is 0. The van der Waals surface area contributed by atoms with Crippen molar-refractivity contribution in [3.63, 3.8) is 0 Å². The van der Waals surface area contributed by atoms with E-state index in [1.165, 1.54) is 0 Å². The lowest BCUT2D eigenvalue weighted by atomic mass is 10.0. The minimum absolute atomic E-state index is 0.255. The van der Waals surface area contributed by atoms with Crippen LogP contribution in [0.25, 0.3) is 33.3 Å². The highest BCUT2D eigenvalue weighted by molar-refractivity contribution is 7.91. The monoisotopic (exact) mass is 435 g/mol. The number of sulfone groups is 1. The van der Waals surface area contributed by atoms with Crippen LogP contribution in [0.4, 0.5) is 0 Å². The van der Waals surface area contributed by atoms with Crippen molar-refractivity contribution in [1.29, 1.82) is 0 Å². The Bertz CT molecular complexity index is 1520. The van der Waals surface area contributed by atoms with Crippen molar-refractivity contribution in [3.8, 4) is 22.4 Å². The van der Waals surface area contributed by atoms with Crippen molar-refractivity contribution in [2.24, 2.45) is 0 Å². The van der Waals surface area contributed by atoms with Crippen LogP contribution in [-0.2, 0) is 9.84 Å². The minimum Gasteiger partial charge on any atom is -0.248 e. The van der Waals surface area contributed by atoms with Crippen molar-refractivity contribution < 1.29 is 8.42 Å². The van der Waals surface area contributed by atoms with Crippen LogP contribution in [0.1, 0.15) is 5.56 Å². The van der Waals surface area contributed by atoms with Crippen LogP contribution in [-0.4, -0.2) is 13.4 Å². The number of nitrogens with zero attached hydrogens (tertiary/aromatic N) is 1. The van der Waals surface area contributed by atoms with E-state index in [0.29, 0.717) is 11.3 Å². The zero-order valence-electron chi connectivity index (χ0n) is 17.6. The number of para-hydroxylation sites is 1. The van der Waals surface area contributed by atoms with Crippen LogP contribution in [0.5, 0.6) is 0 Å². The largest absolute Gasteiger partial charge is 0.248 e. The molecule has 4 aromatic carbocycles. The van der Waals surface area contributed by atoms with Crippen molar-refractivity contribution in [2.45, 2.75) is 16.7 Å². The highest BCUT2D eigenvalue weighted by Gasteiger charge is 2.23. The van der Waals surface area contributed by atoms with Gasteiger partial charge in [-0.1, -0.05) is 84.4 Å². The third-order valence-electron chi connectivity index (χ3n) is 5.58. The lowest BCUT2D eigenvalue weighted by Crippen LogP contribution is -2.05. The molecule has 1 heterocycles. The van der Waals surface area contributed by atoms with Gasteiger partial charge in [-0.15, -0.1) is 0 Å². The maximum Gasteiger partial charge on any atom is 0.207 e. The Balaban J connectivity index is 1.75. The van der Waals surface area contributed by atoms with Gasteiger partial charge in [-0.3, -0.25) is 0 Å². The molecule has 5 rings (SSSR count). The standard InChI is InChI=1S/C28H21NO2S/c1-20-11-15-24(16-12-20)32(30,31)28-19-23(21-7-3-2-4-8-21)13-17-25(28)27-18-14-22-9-5-6-10-26(22)29-27/h2-19H,1H3. The second-order valence-electron chi connectivity index (χ2n) is 7.78. The number of benzene rings is 4. The van der Waals surface area contributed by atoms with Gasteiger partial charge in [0.05, 0.1) is 21.0 Å². The zero-order valence-corrected chi connectivity index (χ0v) is 18.4. The Labute approximate surface area is 187 Å². The van der Waals surface area contributed by atoms with Crippen LogP contribution >= 0.6 is 0 Å². The van der Waals surface area contributed by atoms with Crippen molar-refractivity contribution in [1.82, 2.24) is 4.98 Å². The second-order valence-corrected chi connectivity index (χ2v) is 9.70. The van der Waals surface area contributed by atoms with E-state index in [9.17, 15) is 8.42 Å². The fourth-order valence-corrected chi connectivity index (χ4v) is 5.32. The lowest BCUT2D eigenvalue weighted by Gasteiger charge is -2.14. The summed E-state index contributed by atoms with van der Waals surface area (Å²) in [5, 5.41) is 1.01. The van der Waals surface area contributed by atoms with Gasteiger partial charge < -0.3 is 0 Å². The first kappa shape index (κ1) is 20.2. The molecular formula is C28H21NO2S. The van der Waals surface area contributed by atoms with Gasteiger partial charge in [0, 0.05) is 10.9 Å². The summed E-state index contributed by atoms with van der Waals surface area (Å²) in [6, 6.07) is 34.0. The predicted octanol–water partition coefficient (Wildman–Crippen LogP) is 6.71. The molecule has 0 fully saturated rings. The summed E-state index contributed by atoms with van der Waals surface area (Å²) in [5.74, 6) is 0. The van der Waals surface area contributed by atoms with E-state index in [-0.39, 0.29) is 9.79 Å². The van der Waals surface area contributed by atoms with Gasteiger partial charge >= 0.3 is 0 Å². The van der Waals surface area contributed by atoms with E-state index in [2.05, 4.69) is 0 Å². The maximum atomic E-state index is 13.8. The highest BCUT2D eigenvalue weighted by Crippen LogP contribution is 2.35. The molecule has 0 amide bonds. The van der Waals surface area contributed by atoms with E-state index >= 15 is 0 Å². The average molecular weight is 436 g/mol. The Morgan fingerprint density at radius 3 is 2.16 bits per heavy atom. The topological polar surface area (TPSA) is 47.0 Å². The molecule has 5 aromatic rings. The quantitative estimate of drug-likeness (QED) is 0.315. The zero-order chi connectivity index (χ0) is 22.1. The van der Waals surface area contributed by atoms with Gasteiger partial charge in [0.1, 0.15) is 0 Å². The number of fused-ring (bicyclic) bond motifs is 1. The summed E-state index contributed by atoms with van der Waals surface area (Å²) in [6.45, 7) is 1.94. The fourth-order valence-electron chi connectivity index (χ4n) is 3.83. The first-order chi connectivity index (χ1) is 15.5. The van der Waals surface area contributed by atoms with Gasteiger partial charge in [0.15, 0.2) is 0 Å². The van der Waals surface area contributed by atoms with E-state index in [1.54, 1.807) is 18.2 Å². The van der Waals surface area contributed by atoms with E-state index in [4.69, 9.17) is 4.98 Å². The maximum absolute atomic E-state index is 13.8. The van der Waals surface area contributed by atoms with Gasteiger partial charge in [0.25, 0.3) is 0 Å². The van der Waals surface area contributed by atoms with Gasteiger partial charge in [-0.05, 0) is 48.4 Å². The number of rotatable bonds is 4. The van der Waals surface area contributed by atoms with Crippen LogP contribution in [0, 0.1) is 6.92 Å². The molecule has 1 aromatic heterocycles. The van der Waals surface area contributed by atoms with Crippen LogP contribution in [0.2, 0.25) is 0 Å². The summed E-state index contributed by atoms with van der Waals surface area (Å²) in [4.78, 5) is 5.29. The molecule has 0 aliphatic carbocycles. The number of aryl methyl sites for hydroxylation is 1. The fraction of sp³-hybridized carbons (Fsp3) is 0.0357.